The monoisotopic (exact) mass is 366 g/mol. The Kier molecular flexibility index (Phi) is 7.02. The first kappa shape index (κ1) is 19.6. The number of ether oxygens (including phenoxy) is 1. The first-order chi connectivity index (χ1) is 13.2. The Morgan fingerprint density at radius 3 is 2.41 bits per heavy atom. The maximum absolute atomic E-state index is 13.4. The molecule has 1 saturated heterocycles. The van der Waals surface area contributed by atoms with Crippen molar-refractivity contribution in [1.29, 1.82) is 0 Å². The second-order valence-corrected chi connectivity index (χ2v) is 7.21. The van der Waals surface area contributed by atoms with Crippen LogP contribution in [0.4, 0.5) is 5.69 Å². The number of nitrogens with zero attached hydrogens (tertiary/aromatic N) is 2. The van der Waals surface area contributed by atoms with Gasteiger partial charge in [-0.1, -0.05) is 43.3 Å². The van der Waals surface area contributed by atoms with E-state index >= 15 is 0 Å². The Labute approximate surface area is 162 Å². The molecule has 1 fully saturated rings. The Morgan fingerprint density at radius 2 is 1.78 bits per heavy atom. The predicted molar refractivity (Wildman–Crippen MR) is 110 cm³/mol. The zero-order chi connectivity index (χ0) is 19.1. The quantitative estimate of drug-likeness (QED) is 0.692. The minimum atomic E-state index is 0.0846. The topological polar surface area (TPSA) is 32.8 Å². The van der Waals surface area contributed by atoms with Gasteiger partial charge in [0.05, 0.1) is 6.61 Å². The standard InChI is InChI=1S/C23H30N2O2/c1-3-27-17-16-24-15-14-22(19(2)18-24)25(21-12-8-5-9-13-21)23(26)20-10-6-4-7-11-20/h4-13,19,22H,3,14-18H2,1-2H3/t19-,22+/m0/s1. The average molecular weight is 367 g/mol. The molecule has 3 rings (SSSR count). The molecule has 1 amide bonds. The number of carbonyl (C=O) groups excluding carboxylic acids is 1. The third kappa shape index (κ3) is 4.96. The summed E-state index contributed by atoms with van der Waals surface area (Å²) in [4.78, 5) is 17.8. The van der Waals surface area contributed by atoms with Crippen molar-refractivity contribution in [2.75, 3.05) is 37.7 Å². The maximum atomic E-state index is 13.4. The van der Waals surface area contributed by atoms with Crippen molar-refractivity contribution >= 4 is 11.6 Å². The molecule has 0 N–H and O–H groups in total. The summed E-state index contributed by atoms with van der Waals surface area (Å²) in [6, 6.07) is 19.9. The fraction of sp³-hybridized carbons (Fsp3) is 0.435. The second-order valence-electron chi connectivity index (χ2n) is 7.21. The smallest absolute Gasteiger partial charge is 0.258 e. The number of hydrogen-bond donors (Lipinski definition) is 0. The third-order valence-electron chi connectivity index (χ3n) is 5.31. The predicted octanol–water partition coefficient (Wildman–Crippen LogP) is 4.08. The number of piperidine rings is 1. The number of carbonyl (C=O) groups is 1. The Morgan fingerprint density at radius 1 is 1.11 bits per heavy atom. The number of rotatable bonds is 7. The van der Waals surface area contributed by atoms with E-state index in [9.17, 15) is 4.79 Å². The van der Waals surface area contributed by atoms with E-state index in [1.165, 1.54) is 0 Å². The number of amides is 1. The summed E-state index contributed by atoms with van der Waals surface area (Å²) in [5.74, 6) is 0.481. The molecule has 0 aromatic heterocycles. The number of hydrogen-bond acceptors (Lipinski definition) is 3. The summed E-state index contributed by atoms with van der Waals surface area (Å²) in [6.07, 6.45) is 0.973. The molecular weight excluding hydrogens is 336 g/mol. The van der Waals surface area contributed by atoms with Gasteiger partial charge in [-0.2, -0.15) is 0 Å². The van der Waals surface area contributed by atoms with Crippen LogP contribution in [-0.2, 0) is 4.74 Å². The van der Waals surface area contributed by atoms with E-state index in [-0.39, 0.29) is 11.9 Å². The van der Waals surface area contributed by atoms with Crippen molar-refractivity contribution in [3.05, 3.63) is 66.2 Å². The van der Waals surface area contributed by atoms with Crippen LogP contribution in [-0.4, -0.2) is 49.7 Å². The van der Waals surface area contributed by atoms with Crippen molar-refractivity contribution in [1.82, 2.24) is 4.90 Å². The van der Waals surface area contributed by atoms with E-state index in [0.29, 0.717) is 5.92 Å². The lowest BCUT2D eigenvalue weighted by atomic mass is 9.91. The van der Waals surface area contributed by atoms with E-state index < -0.39 is 0 Å². The fourth-order valence-electron chi connectivity index (χ4n) is 3.91. The SMILES string of the molecule is CCOCCN1CC[C@@H](N(C(=O)c2ccccc2)c2ccccc2)[C@@H](C)C1. The van der Waals surface area contributed by atoms with Crippen LogP contribution >= 0.6 is 0 Å². The molecule has 2 atom stereocenters. The molecule has 2 aromatic carbocycles. The van der Waals surface area contributed by atoms with Gasteiger partial charge >= 0.3 is 0 Å². The van der Waals surface area contributed by atoms with Crippen LogP contribution in [0.25, 0.3) is 0 Å². The molecule has 27 heavy (non-hydrogen) atoms. The van der Waals surface area contributed by atoms with Gasteiger partial charge in [0, 0.05) is 43.5 Å². The molecule has 1 heterocycles. The van der Waals surface area contributed by atoms with Crippen molar-refractivity contribution in [2.24, 2.45) is 5.92 Å². The van der Waals surface area contributed by atoms with E-state index in [1.807, 2.05) is 72.5 Å². The minimum absolute atomic E-state index is 0.0846. The molecule has 2 aromatic rings. The largest absolute Gasteiger partial charge is 0.380 e. The van der Waals surface area contributed by atoms with E-state index in [0.717, 1.165) is 50.5 Å². The molecule has 1 aliphatic rings. The lowest BCUT2D eigenvalue weighted by Gasteiger charge is -2.42. The molecular formula is C23H30N2O2. The molecule has 0 radical (unpaired) electrons. The molecule has 144 valence electrons. The maximum Gasteiger partial charge on any atom is 0.258 e. The highest BCUT2D eigenvalue weighted by Crippen LogP contribution is 2.29. The molecule has 0 aliphatic carbocycles. The Bertz CT molecular complexity index is 705. The summed E-state index contributed by atoms with van der Waals surface area (Å²) in [6.45, 7) is 8.77. The van der Waals surface area contributed by atoms with Gasteiger partial charge in [0.2, 0.25) is 0 Å². The zero-order valence-corrected chi connectivity index (χ0v) is 16.4. The molecule has 0 saturated carbocycles. The lowest BCUT2D eigenvalue weighted by molar-refractivity contribution is 0.0812. The van der Waals surface area contributed by atoms with Crippen molar-refractivity contribution < 1.29 is 9.53 Å². The van der Waals surface area contributed by atoms with Crippen LogP contribution < -0.4 is 4.90 Å². The first-order valence-electron chi connectivity index (χ1n) is 9.94. The summed E-state index contributed by atoms with van der Waals surface area (Å²) >= 11 is 0. The number of anilines is 1. The van der Waals surface area contributed by atoms with Crippen LogP contribution in [0.15, 0.2) is 60.7 Å². The fourth-order valence-corrected chi connectivity index (χ4v) is 3.91. The number of para-hydroxylation sites is 1. The number of benzene rings is 2. The first-order valence-corrected chi connectivity index (χ1v) is 9.94. The summed E-state index contributed by atoms with van der Waals surface area (Å²) in [7, 11) is 0. The highest BCUT2D eigenvalue weighted by Gasteiger charge is 2.34. The average Bonchev–Trinajstić information content (AvgIpc) is 2.71. The zero-order valence-electron chi connectivity index (χ0n) is 16.4. The van der Waals surface area contributed by atoms with Crippen LogP contribution in [0.5, 0.6) is 0 Å². The normalized spacial score (nSPS) is 20.4. The van der Waals surface area contributed by atoms with Gasteiger partial charge in [-0.3, -0.25) is 4.79 Å². The molecule has 1 aliphatic heterocycles. The van der Waals surface area contributed by atoms with E-state index in [2.05, 4.69) is 11.8 Å². The van der Waals surface area contributed by atoms with Gasteiger partial charge in [-0.15, -0.1) is 0 Å². The minimum Gasteiger partial charge on any atom is -0.380 e. The summed E-state index contributed by atoms with van der Waals surface area (Å²) in [5.41, 5.74) is 1.72. The molecule has 0 bridgehead atoms. The van der Waals surface area contributed by atoms with Gasteiger partial charge in [-0.25, -0.2) is 0 Å². The van der Waals surface area contributed by atoms with Crippen LogP contribution in [0, 0.1) is 5.92 Å². The van der Waals surface area contributed by atoms with Crippen molar-refractivity contribution in [3.8, 4) is 0 Å². The van der Waals surface area contributed by atoms with Crippen molar-refractivity contribution in [2.45, 2.75) is 26.3 Å². The van der Waals surface area contributed by atoms with E-state index in [4.69, 9.17) is 4.74 Å². The molecule has 4 heteroatoms. The van der Waals surface area contributed by atoms with Gasteiger partial charge in [-0.05, 0) is 43.5 Å². The third-order valence-corrected chi connectivity index (χ3v) is 5.31. The Balaban J connectivity index is 1.79. The highest BCUT2D eigenvalue weighted by atomic mass is 16.5. The molecule has 4 nitrogen and oxygen atoms in total. The van der Waals surface area contributed by atoms with E-state index in [1.54, 1.807) is 0 Å². The van der Waals surface area contributed by atoms with Gasteiger partial charge in [0.1, 0.15) is 0 Å². The van der Waals surface area contributed by atoms with Crippen molar-refractivity contribution in [3.63, 3.8) is 0 Å². The lowest BCUT2D eigenvalue weighted by Crippen LogP contribution is -2.53. The van der Waals surface area contributed by atoms with Gasteiger partial charge < -0.3 is 14.5 Å². The highest BCUT2D eigenvalue weighted by molar-refractivity contribution is 6.06. The van der Waals surface area contributed by atoms with Gasteiger partial charge in [0.15, 0.2) is 0 Å². The van der Waals surface area contributed by atoms with Crippen LogP contribution in [0.1, 0.15) is 30.6 Å². The van der Waals surface area contributed by atoms with Gasteiger partial charge in [0.25, 0.3) is 5.91 Å². The summed E-state index contributed by atoms with van der Waals surface area (Å²) < 4.78 is 5.50. The Hall–Kier alpha value is -2.17. The van der Waals surface area contributed by atoms with Crippen LogP contribution in [0.2, 0.25) is 0 Å². The van der Waals surface area contributed by atoms with Crippen LogP contribution in [0.3, 0.4) is 0 Å². The summed E-state index contributed by atoms with van der Waals surface area (Å²) in [5, 5.41) is 0. The second kappa shape index (κ2) is 9.67. The number of likely N-dealkylation sites (tertiary alicyclic amines) is 1. The molecule has 0 unspecified atom stereocenters. The molecule has 0 spiro atoms.